The van der Waals surface area contributed by atoms with Gasteiger partial charge in [-0.05, 0) is 108 Å². The number of nitrogens with one attached hydrogen (secondary N) is 1. The average Bonchev–Trinajstić information content (AvgIpc) is 2.82. The van der Waals surface area contributed by atoms with Crippen molar-refractivity contribution in [2.75, 3.05) is 18.0 Å². The highest BCUT2D eigenvalue weighted by molar-refractivity contribution is 14.2. The van der Waals surface area contributed by atoms with Crippen molar-refractivity contribution in [1.82, 2.24) is 15.3 Å². The highest BCUT2D eigenvalue weighted by Crippen LogP contribution is 2.41. The smallest absolute Gasteiger partial charge is 0.257 e. The zero-order valence-corrected chi connectivity index (χ0v) is 23.7. The van der Waals surface area contributed by atoms with E-state index < -0.39 is 13.2 Å². The minimum absolute atomic E-state index is 0.166. The number of hydrogen-bond acceptors (Lipinski definition) is 6. The van der Waals surface area contributed by atoms with Crippen molar-refractivity contribution in [3.63, 3.8) is 0 Å². The third-order valence-corrected chi connectivity index (χ3v) is 8.37. The number of fused-ring (bicyclic) bond motifs is 1. The second-order valence-corrected chi connectivity index (χ2v) is 13.9. The number of carbonyl (C=O) groups excluding carboxylic acids is 1. The number of piperidine rings is 1. The molecule has 4 rings (SSSR count). The lowest BCUT2D eigenvalue weighted by Gasteiger charge is -2.36. The van der Waals surface area contributed by atoms with Crippen LogP contribution < -0.4 is 10.2 Å². The van der Waals surface area contributed by atoms with E-state index in [1.165, 1.54) is 52.1 Å². The van der Waals surface area contributed by atoms with Gasteiger partial charge in [0.25, 0.3) is 5.91 Å². The summed E-state index contributed by atoms with van der Waals surface area (Å²) in [5, 5.41) is 14.1. The molecule has 0 spiro atoms. The summed E-state index contributed by atoms with van der Waals surface area (Å²) in [5.74, 6) is 0.694. The van der Waals surface area contributed by atoms with Gasteiger partial charge in [0.05, 0.1) is 11.2 Å². The number of anilines is 1. The van der Waals surface area contributed by atoms with Crippen LogP contribution in [0.5, 0.6) is 0 Å². The van der Waals surface area contributed by atoms with E-state index in [4.69, 9.17) is 9.97 Å². The van der Waals surface area contributed by atoms with Crippen molar-refractivity contribution in [2.24, 2.45) is 4.99 Å². The van der Waals surface area contributed by atoms with Gasteiger partial charge in [-0.25, -0.2) is 14.4 Å². The fraction of sp³-hybridized carbons (Fsp3) is 0.360. The van der Waals surface area contributed by atoms with Crippen molar-refractivity contribution in [3.05, 3.63) is 48.0 Å². The zero-order valence-electron chi connectivity index (χ0n) is 19.4. The predicted molar refractivity (Wildman–Crippen MR) is 155 cm³/mol. The summed E-state index contributed by atoms with van der Waals surface area (Å²) < 4.78 is 12.2. The number of para-hydroxylation sites is 1. The summed E-state index contributed by atoms with van der Waals surface area (Å²) in [7, 11) is 0. The molecule has 7 nitrogen and oxygen atoms in total. The van der Waals surface area contributed by atoms with Gasteiger partial charge in [-0.15, -0.1) is 0 Å². The third-order valence-electron chi connectivity index (χ3n) is 6.27. The zero-order chi connectivity index (χ0) is 25.4. The van der Waals surface area contributed by atoms with Crippen LogP contribution in [0.25, 0.3) is 22.3 Å². The number of aromatic nitrogens is 2. The van der Waals surface area contributed by atoms with E-state index in [-0.39, 0.29) is 6.04 Å². The standard InChI is InChI=1S/C25H26FI2N5O2/c1-15-8-9-18-20(14-15)31-21(17-6-4-5-7-19(17)29-3)32-22(18)33-12-10-16(11-13-33)30-23(34)24(2,35)25(26,27)28/h4-9,14,16,35H,3,10-13H2,1-2H3,(H,30,34). The second kappa shape index (κ2) is 10.2. The second-order valence-electron chi connectivity index (χ2n) is 8.87. The molecule has 1 aliphatic heterocycles. The molecule has 3 aromatic rings. The lowest BCUT2D eigenvalue weighted by Crippen LogP contribution is -2.57. The van der Waals surface area contributed by atoms with Crippen molar-refractivity contribution in [3.8, 4) is 11.4 Å². The van der Waals surface area contributed by atoms with E-state index in [2.05, 4.69) is 21.9 Å². The molecular weight excluding hydrogens is 675 g/mol. The fourth-order valence-corrected chi connectivity index (χ4v) is 4.57. The van der Waals surface area contributed by atoms with Gasteiger partial charge in [0.15, 0.2) is 11.4 Å². The molecule has 1 unspecified atom stereocenters. The van der Waals surface area contributed by atoms with E-state index in [9.17, 15) is 14.3 Å². The Morgan fingerprint density at radius 3 is 2.57 bits per heavy atom. The first-order chi connectivity index (χ1) is 16.5. The van der Waals surface area contributed by atoms with Crippen LogP contribution in [0.15, 0.2) is 47.5 Å². The van der Waals surface area contributed by atoms with Gasteiger partial charge in [-0.2, -0.15) is 0 Å². The molecule has 1 aliphatic rings. The van der Waals surface area contributed by atoms with Crippen LogP contribution in [0, 0.1) is 6.92 Å². The molecule has 1 amide bonds. The first-order valence-corrected chi connectivity index (χ1v) is 13.4. The molecule has 184 valence electrons. The Kier molecular flexibility index (Phi) is 7.62. The Balaban J connectivity index is 1.61. The first kappa shape index (κ1) is 26.1. The summed E-state index contributed by atoms with van der Waals surface area (Å²) in [6.45, 7) is 8.19. The minimum atomic E-state index is -2.13. The summed E-state index contributed by atoms with van der Waals surface area (Å²) in [5.41, 5.74) is 1.34. The normalized spacial score (nSPS) is 16.7. The number of amides is 1. The lowest BCUT2D eigenvalue weighted by molar-refractivity contribution is -0.141. The van der Waals surface area contributed by atoms with Gasteiger partial charge < -0.3 is 15.3 Å². The summed E-state index contributed by atoms with van der Waals surface area (Å²) >= 11 is 2.88. The van der Waals surface area contributed by atoms with E-state index in [1.807, 2.05) is 49.4 Å². The number of halogens is 3. The average molecular weight is 701 g/mol. The minimum Gasteiger partial charge on any atom is -0.376 e. The van der Waals surface area contributed by atoms with Crippen LogP contribution in [0.2, 0.25) is 0 Å². The Labute approximate surface area is 230 Å². The van der Waals surface area contributed by atoms with E-state index in [0.29, 0.717) is 37.4 Å². The monoisotopic (exact) mass is 701 g/mol. The molecular formula is C25H26FI2N5O2. The number of carbonyl (C=O) groups is 1. The SMILES string of the molecule is C=Nc1ccccc1-c1nc(N2CCC(NC(=O)C(C)(O)C(F)(I)I)CC2)c2ccc(C)cc2n1. The van der Waals surface area contributed by atoms with Crippen LogP contribution in [-0.2, 0) is 4.79 Å². The van der Waals surface area contributed by atoms with Crippen LogP contribution >= 0.6 is 45.2 Å². The molecule has 1 saturated heterocycles. The Morgan fingerprint density at radius 2 is 1.91 bits per heavy atom. The number of rotatable bonds is 6. The van der Waals surface area contributed by atoms with Crippen molar-refractivity contribution < 1.29 is 14.3 Å². The maximum Gasteiger partial charge on any atom is 0.257 e. The number of aliphatic hydroxyl groups is 1. The van der Waals surface area contributed by atoms with Gasteiger partial charge in [0, 0.05) is 30.1 Å². The Morgan fingerprint density at radius 1 is 1.23 bits per heavy atom. The van der Waals surface area contributed by atoms with E-state index in [0.717, 1.165) is 27.8 Å². The van der Waals surface area contributed by atoms with Crippen LogP contribution in [0.1, 0.15) is 25.3 Å². The van der Waals surface area contributed by atoms with Crippen LogP contribution in [0.3, 0.4) is 0 Å². The van der Waals surface area contributed by atoms with Crippen LogP contribution in [-0.4, -0.2) is 54.1 Å². The quantitative estimate of drug-likeness (QED) is 0.208. The predicted octanol–water partition coefficient (Wildman–Crippen LogP) is 5.27. The van der Waals surface area contributed by atoms with Crippen molar-refractivity contribution in [2.45, 2.75) is 40.0 Å². The fourth-order valence-electron chi connectivity index (χ4n) is 4.08. The lowest BCUT2D eigenvalue weighted by atomic mass is 10.0. The maximum atomic E-state index is 14.3. The van der Waals surface area contributed by atoms with Gasteiger partial charge in [0.1, 0.15) is 5.82 Å². The number of hydrogen-bond donors (Lipinski definition) is 2. The Bertz CT molecular complexity index is 1270. The summed E-state index contributed by atoms with van der Waals surface area (Å²) in [6, 6.07) is 13.6. The van der Waals surface area contributed by atoms with Gasteiger partial charge in [0.2, 0.25) is 1.68 Å². The molecule has 0 bridgehead atoms. The molecule has 35 heavy (non-hydrogen) atoms. The molecule has 2 aromatic carbocycles. The molecule has 0 aliphatic carbocycles. The van der Waals surface area contributed by atoms with Gasteiger partial charge in [-0.1, -0.05) is 18.2 Å². The highest BCUT2D eigenvalue weighted by atomic mass is 127. The largest absolute Gasteiger partial charge is 0.376 e. The molecule has 1 aromatic heterocycles. The molecule has 2 N–H and O–H groups in total. The molecule has 1 fully saturated rings. The molecule has 1 atom stereocenters. The van der Waals surface area contributed by atoms with Crippen LogP contribution in [0.4, 0.5) is 15.9 Å². The van der Waals surface area contributed by atoms with Gasteiger partial charge in [-0.3, -0.25) is 9.79 Å². The summed E-state index contributed by atoms with van der Waals surface area (Å²) in [4.78, 5) is 28.6. The number of aryl methyl sites for hydroxylation is 1. The van der Waals surface area contributed by atoms with E-state index >= 15 is 0 Å². The van der Waals surface area contributed by atoms with Crippen molar-refractivity contribution >= 4 is 80.2 Å². The Hall–Kier alpha value is -1.93. The number of nitrogens with zero attached hydrogens (tertiary/aromatic N) is 4. The molecule has 2 heterocycles. The third kappa shape index (κ3) is 5.43. The maximum absolute atomic E-state index is 14.3. The molecule has 0 saturated carbocycles. The first-order valence-electron chi connectivity index (χ1n) is 11.2. The summed E-state index contributed by atoms with van der Waals surface area (Å²) in [6.07, 6.45) is 1.28. The topological polar surface area (TPSA) is 90.7 Å². The number of alkyl halides is 3. The van der Waals surface area contributed by atoms with Gasteiger partial charge >= 0.3 is 0 Å². The molecule has 0 radical (unpaired) electrons. The van der Waals surface area contributed by atoms with Crippen molar-refractivity contribution in [1.29, 1.82) is 0 Å². The number of aliphatic imine (C=N–C) groups is 1. The number of benzene rings is 2. The molecule has 10 heteroatoms. The highest BCUT2D eigenvalue weighted by Gasteiger charge is 2.50. The van der Waals surface area contributed by atoms with E-state index in [1.54, 1.807) is 0 Å².